The smallest absolute Gasteiger partial charge is 0.338 e. The molecule has 0 saturated heterocycles. The number of nitrogens with zero attached hydrogens (tertiary/aromatic N) is 3. The fourth-order valence-electron chi connectivity index (χ4n) is 3.39. The number of hydrogen-bond donors (Lipinski definition) is 0. The maximum Gasteiger partial charge on any atom is 0.416 e. The molecule has 0 atom stereocenters. The molecule has 3 rings (SSSR count). The molecule has 1 heterocycles. The van der Waals surface area contributed by atoms with Crippen molar-refractivity contribution in [2.45, 2.75) is 57.8 Å². The Morgan fingerprint density at radius 2 is 1.96 bits per heavy atom. The molecule has 7 heteroatoms. The molecule has 1 aliphatic rings. The van der Waals surface area contributed by atoms with Gasteiger partial charge in [0.1, 0.15) is 0 Å². The third kappa shape index (κ3) is 4.39. The molecule has 1 aromatic carbocycles. The fourth-order valence-corrected chi connectivity index (χ4v) is 3.39. The third-order valence-corrected chi connectivity index (χ3v) is 4.75. The molecule has 0 aliphatic heterocycles. The summed E-state index contributed by atoms with van der Waals surface area (Å²) in [6.45, 7) is 3.51. The molecule has 1 aliphatic carbocycles. The largest absolute Gasteiger partial charge is 0.416 e. The van der Waals surface area contributed by atoms with Gasteiger partial charge in [0, 0.05) is 11.6 Å². The molecule has 136 valence electrons. The second kappa shape index (κ2) is 7.56. The molecule has 0 N–H and O–H groups in total. The van der Waals surface area contributed by atoms with E-state index in [-0.39, 0.29) is 5.82 Å². The van der Waals surface area contributed by atoms with Crippen molar-refractivity contribution in [2.75, 3.05) is 6.54 Å². The van der Waals surface area contributed by atoms with E-state index in [0.717, 1.165) is 18.7 Å². The van der Waals surface area contributed by atoms with Crippen molar-refractivity contribution in [3.8, 4) is 11.4 Å². The molecular weight excluding hydrogens is 331 g/mol. The number of aromatic nitrogens is 2. The third-order valence-electron chi connectivity index (χ3n) is 4.75. The van der Waals surface area contributed by atoms with Gasteiger partial charge >= 0.3 is 6.18 Å². The first-order valence-corrected chi connectivity index (χ1v) is 8.71. The van der Waals surface area contributed by atoms with Crippen molar-refractivity contribution in [1.82, 2.24) is 15.0 Å². The van der Waals surface area contributed by atoms with E-state index in [1.54, 1.807) is 6.07 Å². The Morgan fingerprint density at radius 3 is 2.64 bits per heavy atom. The van der Waals surface area contributed by atoms with Crippen LogP contribution in [0, 0.1) is 0 Å². The van der Waals surface area contributed by atoms with E-state index in [2.05, 4.69) is 22.0 Å². The number of alkyl halides is 3. The number of rotatable bonds is 5. The highest BCUT2D eigenvalue weighted by molar-refractivity contribution is 5.55. The predicted octanol–water partition coefficient (Wildman–Crippen LogP) is 4.91. The van der Waals surface area contributed by atoms with Gasteiger partial charge < -0.3 is 4.52 Å². The van der Waals surface area contributed by atoms with Gasteiger partial charge in [0.15, 0.2) is 0 Å². The molecule has 0 bridgehead atoms. The molecule has 0 radical (unpaired) electrons. The molecule has 1 fully saturated rings. The van der Waals surface area contributed by atoms with Crippen LogP contribution in [0.15, 0.2) is 28.8 Å². The average molecular weight is 353 g/mol. The van der Waals surface area contributed by atoms with E-state index in [9.17, 15) is 13.2 Å². The number of benzene rings is 1. The Morgan fingerprint density at radius 1 is 1.20 bits per heavy atom. The zero-order valence-electron chi connectivity index (χ0n) is 14.2. The van der Waals surface area contributed by atoms with Crippen molar-refractivity contribution in [3.63, 3.8) is 0 Å². The summed E-state index contributed by atoms with van der Waals surface area (Å²) in [5, 5.41) is 3.86. The maximum atomic E-state index is 12.8. The first-order valence-electron chi connectivity index (χ1n) is 8.71. The summed E-state index contributed by atoms with van der Waals surface area (Å²) in [7, 11) is 0. The van der Waals surface area contributed by atoms with Crippen molar-refractivity contribution in [3.05, 3.63) is 35.7 Å². The van der Waals surface area contributed by atoms with E-state index < -0.39 is 11.7 Å². The Hall–Kier alpha value is -1.89. The zero-order chi connectivity index (χ0) is 17.9. The Kier molecular flexibility index (Phi) is 5.42. The van der Waals surface area contributed by atoms with Crippen LogP contribution in [0.3, 0.4) is 0 Å². The second-order valence-electron chi connectivity index (χ2n) is 6.45. The van der Waals surface area contributed by atoms with Crippen LogP contribution in [0.25, 0.3) is 11.4 Å². The van der Waals surface area contributed by atoms with Crippen molar-refractivity contribution in [2.24, 2.45) is 0 Å². The van der Waals surface area contributed by atoms with Crippen molar-refractivity contribution in [1.29, 1.82) is 0 Å². The first kappa shape index (κ1) is 17.9. The topological polar surface area (TPSA) is 42.2 Å². The maximum absolute atomic E-state index is 12.8. The Balaban J connectivity index is 1.73. The van der Waals surface area contributed by atoms with Crippen LogP contribution >= 0.6 is 0 Å². The summed E-state index contributed by atoms with van der Waals surface area (Å²) >= 11 is 0. The molecular formula is C18H22F3N3O. The van der Waals surface area contributed by atoms with Gasteiger partial charge in [0.25, 0.3) is 0 Å². The van der Waals surface area contributed by atoms with Gasteiger partial charge in [-0.3, -0.25) is 4.90 Å². The summed E-state index contributed by atoms with van der Waals surface area (Å²) in [6.07, 6.45) is 1.71. The van der Waals surface area contributed by atoms with Gasteiger partial charge in [-0.1, -0.05) is 43.5 Å². The van der Waals surface area contributed by atoms with E-state index >= 15 is 0 Å². The normalized spacial score (nSPS) is 16.5. The van der Waals surface area contributed by atoms with E-state index in [0.29, 0.717) is 24.0 Å². The van der Waals surface area contributed by atoms with Crippen LogP contribution in [0.2, 0.25) is 0 Å². The van der Waals surface area contributed by atoms with Crippen LogP contribution in [-0.4, -0.2) is 27.6 Å². The van der Waals surface area contributed by atoms with E-state index in [1.807, 2.05) is 0 Å². The molecule has 1 saturated carbocycles. The molecule has 1 aromatic heterocycles. The van der Waals surface area contributed by atoms with Crippen LogP contribution in [0.4, 0.5) is 13.2 Å². The van der Waals surface area contributed by atoms with Gasteiger partial charge in [0.05, 0.1) is 12.1 Å². The molecule has 2 aromatic rings. The minimum absolute atomic E-state index is 0.195. The van der Waals surface area contributed by atoms with Crippen molar-refractivity contribution >= 4 is 0 Å². The van der Waals surface area contributed by atoms with Gasteiger partial charge in [0.2, 0.25) is 11.7 Å². The highest BCUT2D eigenvalue weighted by atomic mass is 19.4. The quantitative estimate of drug-likeness (QED) is 0.766. The lowest BCUT2D eigenvalue weighted by molar-refractivity contribution is -0.137. The van der Waals surface area contributed by atoms with Crippen LogP contribution in [0.5, 0.6) is 0 Å². The molecule has 0 spiro atoms. The highest BCUT2D eigenvalue weighted by Gasteiger charge is 2.31. The summed E-state index contributed by atoms with van der Waals surface area (Å²) in [5.74, 6) is 0.639. The summed E-state index contributed by atoms with van der Waals surface area (Å²) in [6, 6.07) is 5.51. The number of hydrogen-bond acceptors (Lipinski definition) is 4. The summed E-state index contributed by atoms with van der Waals surface area (Å²) in [5.41, 5.74) is -0.403. The van der Waals surface area contributed by atoms with E-state index in [1.165, 1.54) is 38.2 Å². The standard InChI is InChI=1S/C18H22F3N3O/c1-2-24(15-9-4-3-5-10-15)12-16-22-17(23-25-16)13-7-6-8-14(11-13)18(19,20)21/h6-8,11,15H,2-5,9-10,12H2,1H3. The minimum atomic E-state index is -4.39. The molecule has 0 unspecified atom stereocenters. The first-order chi connectivity index (χ1) is 12.0. The number of halogens is 3. The summed E-state index contributed by atoms with van der Waals surface area (Å²) < 4.78 is 43.8. The monoisotopic (exact) mass is 353 g/mol. The predicted molar refractivity (Wildman–Crippen MR) is 87.7 cm³/mol. The Bertz CT molecular complexity index is 693. The van der Waals surface area contributed by atoms with Crippen molar-refractivity contribution < 1.29 is 17.7 Å². The lowest BCUT2D eigenvalue weighted by atomic mass is 9.94. The van der Waals surface area contributed by atoms with Gasteiger partial charge in [-0.2, -0.15) is 18.2 Å². The second-order valence-corrected chi connectivity index (χ2v) is 6.45. The fraction of sp³-hybridized carbons (Fsp3) is 0.556. The highest BCUT2D eigenvalue weighted by Crippen LogP contribution is 2.31. The van der Waals surface area contributed by atoms with Gasteiger partial charge in [-0.25, -0.2) is 0 Å². The van der Waals surface area contributed by atoms with Crippen LogP contribution in [0.1, 0.15) is 50.5 Å². The molecule has 4 nitrogen and oxygen atoms in total. The van der Waals surface area contributed by atoms with E-state index in [4.69, 9.17) is 4.52 Å². The average Bonchev–Trinajstić information content (AvgIpc) is 3.08. The summed E-state index contributed by atoms with van der Waals surface area (Å²) in [4.78, 5) is 6.61. The SMILES string of the molecule is CCN(Cc1nc(-c2cccc(C(F)(F)F)c2)no1)C1CCCCC1. The Labute approximate surface area is 145 Å². The zero-order valence-corrected chi connectivity index (χ0v) is 14.2. The van der Waals surface area contributed by atoms with Crippen LogP contribution < -0.4 is 0 Å². The lowest BCUT2D eigenvalue weighted by Crippen LogP contribution is -2.36. The van der Waals surface area contributed by atoms with Gasteiger partial charge in [-0.15, -0.1) is 0 Å². The van der Waals surface area contributed by atoms with Gasteiger partial charge in [-0.05, 0) is 31.5 Å². The molecule has 0 amide bonds. The van der Waals surface area contributed by atoms with Crippen LogP contribution in [-0.2, 0) is 12.7 Å². The minimum Gasteiger partial charge on any atom is -0.338 e. The molecule has 25 heavy (non-hydrogen) atoms. The lowest BCUT2D eigenvalue weighted by Gasteiger charge is -2.32.